The molecule has 6 nitrogen and oxygen atoms in total. The summed E-state index contributed by atoms with van der Waals surface area (Å²) in [6.07, 6.45) is 2.58. The Morgan fingerprint density at radius 1 is 1.00 bits per heavy atom. The van der Waals surface area contributed by atoms with Crippen molar-refractivity contribution in [1.29, 1.82) is 0 Å². The minimum atomic E-state index is -3.77. The lowest BCUT2D eigenvalue weighted by molar-refractivity contribution is -0.123. The van der Waals surface area contributed by atoms with E-state index in [9.17, 15) is 18.0 Å². The topological polar surface area (TPSA) is 92.3 Å². The molecule has 2 rings (SSSR count). The molecular formula is C26H34N2O4S. The molecule has 1 amide bonds. The van der Waals surface area contributed by atoms with Crippen LogP contribution in [0.25, 0.3) is 0 Å². The second-order valence-electron chi connectivity index (χ2n) is 8.60. The maximum absolute atomic E-state index is 12.8. The van der Waals surface area contributed by atoms with E-state index in [1.807, 2.05) is 37.3 Å². The summed E-state index contributed by atoms with van der Waals surface area (Å²) in [6, 6.07) is 15.7. The van der Waals surface area contributed by atoms with Gasteiger partial charge in [-0.1, -0.05) is 61.9 Å². The summed E-state index contributed by atoms with van der Waals surface area (Å²) in [6.45, 7) is 6.60. The van der Waals surface area contributed by atoms with Gasteiger partial charge < -0.3 is 10.6 Å². The molecule has 0 aliphatic carbocycles. The van der Waals surface area contributed by atoms with Crippen LogP contribution >= 0.6 is 0 Å². The number of sulfone groups is 1. The number of amides is 1. The van der Waals surface area contributed by atoms with Gasteiger partial charge in [-0.2, -0.15) is 0 Å². The number of hydrogen-bond acceptors (Lipinski definition) is 5. The van der Waals surface area contributed by atoms with Gasteiger partial charge in [0.25, 0.3) is 0 Å². The Kier molecular flexibility index (Phi) is 10.5. The van der Waals surface area contributed by atoms with Crippen LogP contribution in [-0.4, -0.2) is 39.7 Å². The zero-order valence-electron chi connectivity index (χ0n) is 19.6. The molecule has 0 unspecified atom stereocenters. The zero-order chi connectivity index (χ0) is 24.3. The van der Waals surface area contributed by atoms with Crippen molar-refractivity contribution in [1.82, 2.24) is 10.6 Å². The summed E-state index contributed by atoms with van der Waals surface area (Å²) in [5.41, 5.74) is 2.11. The summed E-state index contributed by atoms with van der Waals surface area (Å²) in [4.78, 5) is 24.5. The molecule has 2 N–H and O–H groups in total. The van der Waals surface area contributed by atoms with Crippen LogP contribution in [0.3, 0.4) is 0 Å². The summed E-state index contributed by atoms with van der Waals surface area (Å²) >= 11 is 0. The highest BCUT2D eigenvalue weighted by Crippen LogP contribution is 2.15. The van der Waals surface area contributed by atoms with Gasteiger partial charge in [0.2, 0.25) is 5.91 Å². The molecule has 0 saturated carbocycles. The molecule has 0 fully saturated rings. The average molecular weight is 471 g/mol. The number of aldehydes is 1. The molecule has 178 valence electrons. The van der Waals surface area contributed by atoms with Crippen molar-refractivity contribution >= 4 is 22.0 Å². The van der Waals surface area contributed by atoms with Crippen LogP contribution in [0.4, 0.5) is 0 Å². The van der Waals surface area contributed by atoms with Crippen molar-refractivity contribution in [2.24, 2.45) is 5.92 Å². The Labute approximate surface area is 197 Å². The van der Waals surface area contributed by atoms with Crippen LogP contribution in [-0.2, 0) is 25.8 Å². The van der Waals surface area contributed by atoms with Gasteiger partial charge in [0.15, 0.2) is 9.84 Å². The van der Waals surface area contributed by atoms with Gasteiger partial charge in [-0.3, -0.25) is 9.59 Å². The maximum Gasteiger partial charge on any atom is 0.237 e. The molecule has 1 atom stereocenters. The number of carbonyl (C=O) groups excluding carboxylic acids is 2. The van der Waals surface area contributed by atoms with Gasteiger partial charge >= 0.3 is 0 Å². The first-order valence-electron chi connectivity index (χ1n) is 11.2. The van der Waals surface area contributed by atoms with Crippen LogP contribution in [0, 0.1) is 12.8 Å². The Hall–Kier alpha value is -2.77. The summed E-state index contributed by atoms with van der Waals surface area (Å²) in [5, 5.41) is 7.00. The van der Waals surface area contributed by atoms with Crippen LogP contribution in [0.1, 0.15) is 37.8 Å². The van der Waals surface area contributed by atoms with Crippen molar-refractivity contribution in [3.8, 4) is 0 Å². The summed E-state index contributed by atoms with van der Waals surface area (Å²) in [5.74, 6) is 0.316. The quantitative estimate of drug-likeness (QED) is 0.345. The van der Waals surface area contributed by atoms with E-state index in [4.69, 9.17) is 0 Å². The van der Waals surface area contributed by atoms with Gasteiger partial charge in [0.05, 0.1) is 10.9 Å². The van der Waals surface area contributed by atoms with E-state index in [0.717, 1.165) is 23.0 Å². The number of hydrogen-bond donors (Lipinski definition) is 2. The minimum absolute atomic E-state index is 0.0222. The fourth-order valence-corrected chi connectivity index (χ4v) is 4.43. The molecule has 33 heavy (non-hydrogen) atoms. The molecule has 0 aliphatic heterocycles. The molecule has 0 aliphatic rings. The molecule has 0 aromatic heterocycles. The van der Waals surface area contributed by atoms with Crippen molar-refractivity contribution < 1.29 is 18.0 Å². The lowest BCUT2D eigenvalue weighted by atomic mass is 10.0. The SMILES string of the molecule is Cc1ccc(S(=O)(=O)/C=C(\C=O)CN[C@@H](CCc2ccccc2)C(=O)NCCC(C)C)cc1. The molecule has 2 aromatic rings. The highest BCUT2D eigenvalue weighted by molar-refractivity contribution is 7.94. The van der Waals surface area contributed by atoms with Crippen molar-refractivity contribution in [3.05, 3.63) is 76.7 Å². The van der Waals surface area contributed by atoms with Gasteiger partial charge in [0, 0.05) is 24.1 Å². The summed E-state index contributed by atoms with van der Waals surface area (Å²) < 4.78 is 25.3. The van der Waals surface area contributed by atoms with Gasteiger partial charge in [-0.25, -0.2) is 8.42 Å². The second-order valence-corrected chi connectivity index (χ2v) is 10.4. The monoisotopic (exact) mass is 470 g/mol. The molecule has 0 bridgehead atoms. The molecule has 7 heteroatoms. The van der Waals surface area contributed by atoms with E-state index < -0.39 is 15.9 Å². The van der Waals surface area contributed by atoms with E-state index in [2.05, 4.69) is 24.5 Å². The molecule has 0 heterocycles. The normalized spacial score (nSPS) is 13.0. The molecule has 2 aromatic carbocycles. The van der Waals surface area contributed by atoms with Gasteiger partial charge in [0.1, 0.15) is 6.29 Å². The number of aryl methyl sites for hydroxylation is 2. The first-order chi connectivity index (χ1) is 15.7. The first kappa shape index (κ1) is 26.5. The standard InChI is InChI=1S/C26H34N2O4S/c1-20(2)15-16-27-26(30)25(14-11-22-7-5-4-6-8-22)28-17-23(18-29)19-33(31,32)24-12-9-21(3)10-13-24/h4-10,12-13,18-20,25,28H,11,14-17H2,1-3H3,(H,27,30)/b23-19-/t25-/m0/s1. The van der Waals surface area contributed by atoms with Gasteiger partial charge in [-0.05, 0) is 49.8 Å². The van der Waals surface area contributed by atoms with E-state index in [1.165, 1.54) is 12.1 Å². The third kappa shape index (κ3) is 9.32. The number of carbonyl (C=O) groups is 2. The Bertz CT molecular complexity index is 1030. The van der Waals surface area contributed by atoms with Crippen molar-refractivity contribution in [3.63, 3.8) is 0 Å². The molecule has 0 spiro atoms. The predicted octanol–water partition coefficient (Wildman–Crippen LogP) is 3.60. The number of nitrogens with one attached hydrogen (secondary N) is 2. The van der Waals surface area contributed by atoms with Crippen LogP contribution in [0.5, 0.6) is 0 Å². The average Bonchev–Trinajstić information content (AvgIpc) is 2.78. The fraction of sp³-hybridized carbons (Fsp3) is 0.385. The number of benzene rings is 2. The van der Waals surface area contributed by atoms with E-state index in [0.29, 0.717) is 31.6 Å². The van der Waals surface area contributed by atoms with Gasteiger partial charge in [-0.15, -0.1) is 0 Å². The smallest absolute Gasteiger partial charge is 0.237 e. The lowest BCUT2D eigenvalue weighted by Gasteiger charge is -2.19. The van der Waals surface area contributed by atoms with E-state index >= 15 is 0 Å². The van der Waals surface area contributed by atoms with Crippen LogP contribution < -0.4 is 10.6 Å². The molecule has 0 radical (unpaired) electrons. The highest BCUT2D eigenvalue weighted by Gasteiger charge is 2.19. The number of rotatable bonds is 13. The maximum atomic E-state index is 12.8. The van der Waals surface area contributed by atoms with Crippen molar-refractivity contribution in [2.45, 2.75) is 51.0 Å². The minimum Gasteiger partial charge on any atom is -0.355 e. The Morgan fingerprint density at radius 2 is 1.67 bits per heavy atom. The lowest BCUT2D eigenvalue weighted by Crippen LogP contribution is -2.45. The fourth-order valence-electron chi connectivity index (χ4n) is 3.24. The van der Waals surface area contributed by atoms with E-state index in [1.54, 1.807) is 12.1 Å². The Morgan fingerprint density at radius 3 is 2.27 bits per heavy atom. The molecule has 0 saturated heterocycles. The highest BCUT2D eigenvalue weighted by atomic mass is 32.2. The van der Waals surface area contributed by atoms with E-state index in [-0.39, 0.29) is 22.9 Å². The van der Waals surface area contributed by atoms with Crippen molar-refractivity contribution in [2.75, 3.05) is 13.1 Å². The predicted molar refractivity (Wildman–Crippen MR) is 132 cm³/mol. The Balaban J connectivity index is 2.10. The summed E-state index contributed by atoms with van der Waals surface area (Å²) in [7, 11) is -3.77. The largest absolute Gasteiger partial charge is 0.355 e. The first-order valence-corrected chi connectivity index (χ1v) is 12.8. The second kappa shape index (κ2) is 13.1. The van der Waals surface area contributed by atoms with Crippen LogP contribution in [0.2, 0.25) is 0 Å². The zero-order valence-corrected chi connectivity index (χ0v) is 20.4. The molecular weight excluding hydrogens is 436 g/mol. The van der Waals surface area contributed by atoms with Crippen LogP contribution in [0.15, 0.2) is 70.5 Å². The third-order valence-corrected chi connectivity index (χ3v) is 6.80. The third-order valence-electron chi connectivity index (χ3n) is 5.26.